The lowest BCUT2D eigenvalue weighted by Crippen LogP contribution is -2.49. The van der Waals surface area contributed by atoms with Gasteiger partial charge in [0.2, 0.25) is 5.91 Å². The molecule has 1 unspecified atom stereocenters. The number of carbonyl (C=O) groups is 1. The smallest absolute Gasteiger partial charge is 0.245 e. The van der Waals surface area contributed by atoms with Gasteiger partial charge in [-0.15, -0.1) is 0 Å². The molecule has 1 amide bonds. The van der Waals surface area contributed by atoms with E-state index < -0.39 is 0 Å². The van der Waals surface area contributed by atoms with E-state index >= 15 is 0 Å². The van der Waals surface area contributed by atoms with Crippen LogP contribution in [0, 0.1) is 12.8 Å². The summed E-state index contributed by atoms with van der Waals surface area (Å²) in [6, 6.07) is 1.57. The zero-order valence-electron chi connectivity index (χ0n) is 12.3. The zero-order chi connectivity index (χ0) is 14.5. The van der Waals surface area contributed by atoms with Crippen molar-refractivity contribution in [3.05, 3.63) is 18.1 Å². The summed E-state index contributed by atoms with van der Waals surface area (Å²) < 4.78 is 5.29. The topological polar surface area (TPSA) is 67.4 Å². The maximum absolute atomic E-state index is 12.6. The van der Waals surface area contributed by atoms with Gasteiger partial charge in [-0.3, -0.25) is 4.79 Å². The Balaban J connectivity index is 2.08. The fourth-order valence-electron chi connectivity index (χ4n) is 2.19. The summed E-state index contributed by atoms with van der Waals surface area (Å²) in [6.45, 7) is 8.51. The van der Waals surface area contributed by atoms with Crippen molar-refractivity contribution < 1.29 is 9.53 Å². The van der Waals surface area contributed by atoms with Crippen molar-refractivity contribution in [3.8, 4) is 0 Å². The molecule has 2 heterocycles. The molecule has 110 valence electrons. The molecule has 1 N–H and O–H groups in total. The van der Waals surface area contributed by atoms with E-state index in [0.29, 0.717) is 32.1 Å². The Labute approximate surface area is 119 Å². The van der Waals surface area contributed by atoms with Crippen LogP contribution >= 0.6 is 0 Å². The zero-order valence-corrected chi connectivity index (χ0v) is 12.3. The van der Waals surface area contributed by atoms with Crippen molar-refractivity contribution in [2.24, 2.45) is 5.92 Å². The van der Waals surface area contributed by atoms with E-state index in [4.69, 9.17) is 4.74 Å². The van der Waals surface area contributed by atoms with Gasteiger partial charge in [-0.1, -0.05) is 13.8 Å². The van der Waals surface area contributed by atoms with Gasteiger partial charge in [0, 0.05) is 24.8 Å². The van der Waals surface area contributed by atoms with Crippen molar-refractivity contribution in [1.29, 1.82) is 0 Å². The van der Waals surface area contributed by atoms with Crippen LogP contribution in [0.3, 0.4) is 0 Å². The molecule has 1 aromatic heterocycles. The Kier molecular flexibility index (Phi) is 4.89. The second-order valence-electron chi connectivity index (χ2n) is 5.35. The Morgan fingerprint density at radius 2 is 2.05 bits per heavy atom. The SMILES string of the molecule is Cc1cc(NC(C(=O)N2CCOCC2)C(C)C)ncn1. The Morgan fingerprint density at radius 3 is 2.65 bits per heavy atom. The highest BCUT2D eigenvalue weighted by atomic mass is 16.5. The van der Waals surface area contributed by atoms with Crippen LogP contribution in [0.25, 0.3) is 0 Å². The molecule has 0 aliphatic carbocycles. The molecule has 2 rings (SSSR count). The summed E-state index contributed by atoms with van der Waals surface area (Å²) in [7, 11) is 0. The van der Waals surface area contributed by atoms with Gasteiger partial charge in [0.05, 0.1) is 13.2 Å². The van der Waals surface area contributed by atoms with E-state index in [0.717, 1.165) is 5.69 Å². The molecule has 0 aromatic carbocycles. The van der Waals surface area contributed by atoms with Crippen LogP contribution in [-0.4, -0.2) is 53.1 Å². The quantitative estimate of drug-likeness (QED) is 0.892. The van der Waals surface area contributed by atoms with E-state index in [-0.39, 0.29) is 17.9 Å². The number of nitrogens with zero attached hydrogens (tertiary/aromatic N) is 3. The first-order valence-corrected chi connectivity index (χ1v) is 6.99. The minimum atomic E-state index is -0.276. The first-order valence-electron chi connectivity index (χ1n) is 6.99. The number of nitrogens with one attached hydrogen (secondary N) is 1. The average Bonchev–Trinajstić information content (AvgIpc) is 2.45. The highest BCUT2D eigenvalue weighted by Crippen LogP contribution is 2.14. The number of rotatable bonds is 4. The Bertz CT molecular complexity index is 458. The van der Waals surface area contributed by atoms with Crippen LogP contribution < -0.4 is 5.32 Å². The van der Waals surface area contributed by atoms with Crippen molar-refractivity contribution in [3.63, 3.8) is 0 Å². The minimum absolute atomic E-state index is 0.111. The van der Waals surface area contributed by atoms with Crippen LogP contribution in [0.5, 0.6) is 0 Å². The third-order valence-corrected chi connectivity index (χ3v) is 3.36. The molecule has 6 heteroatoms. The van der Waals surface area contributed by atoms with E-state index in [1.165, 1.54) is 6.33 Å². The minimum Gasteiger partial charge on any atom is -0.378 e. The fraction of sp³-hybridized carbons (Fsp3) is 0.643. The number of hydrogen-bond donors (Lipinski definition) is 1. The van der Waals surface area contributed by atoms with Crippen molar-refractivity contribution in [1.82, 2.24) is 14.9 Å². The highest BCUT2D eigenvalue weighted by Gasteiger charge is 2.28. The first kappa shape index (κ1) is 14.7. The van der Waals surface area contributed by atoms with Gasteiger partial charge in [0.15, 0.2) is 0 Å². The molecule has 0 saturated carbocycles. The Morgan fingerprint density at radius 1 is 1.35 bits per heavy atom. The second-order valence-corrected chi connectivity index (χ2v) is 5.35. The monoisotopic (exact) mass is 278 g/mol. The average molecular weight is 278 g/mol. The largest absolute Gasteiger partial charge is 0.378 e. The van der Waals surface area contributed by atoms with Crippen LogP contribution in [0.15, 0.2) is 12.4 Å². The third-order valence-electron chi connectivity index (χ3n) is 3.36. The summed E-state index contributed by atoms with van der Waals surface area (Å²) in [5.41, 5.74) is 0.879. The van der Waals surface area contributed by atoms with E-state index in [2.05, 4.69) is 15.3 Å². The molecule has 6 nitrogen and oxygen atoms in total. The molecule has 1 aliphatic heterocycles. The van der Waals surface area contributed by atoms with Gasteiger partial charge in [-0.05, 0) is 12.8 Å². The number of aryl methyl sites for hydroxylation is 1. The van der Waals surface area contributed by atoms with Crippen molar-refractivity contribution in [2.75, 3.05) is 31.6 Å². The second kappa shape index (κ2) is 6.65. The molecule has 1 saturated heterocycles. The van der Waals surface area contributed by atoms with Gasteiger partial charge < -0.3 is 15.0 Å². The molecule has 1 atom stereocenters. The van der Waals surface area contributed by atoms with Gasteiger partial charge >= 0.3 is 0 Å². The van der Waals surface area contributed by atoms with Gasteiger partial charge in [-0.2, -0.15) is 0 Å². The fourth-order valence-corrected chi connectivity index (χ4v) is 2.19. The maximum atomic E-state index is 12.6. The van der Waals surface area contributed by atoms with E-state index in [1.54, 1.807) is 0 Å². The Hall–Kier alpha value is -1.69. The number of amides is 1. The predicted molar refractivity (Wildman–Crippen MR) is 76.4 cm³/mol. The summed E-state index contributed by atoms with van der Waals surface area (Å²) in [6.07, 6.45) is 1.51. The summed E-state index contributed by atoms with van der Waals surface area (Å²) in [4.78, 5) is 22.7. The lowest BCUT2D eigenvalue weighted by molar-refractivity contribution is -0.137. The number of morpholine rings is 1. The molecule has 1 aliphatic rings. The lowest BCUT2D eigenvalue weighted by Gasteiger charge is -2.32. The number of anilines is 1. The molecular weight excluding hydrogens is 256 g/mol. The number of aromatic nitrogens is 2. The summed E-state index contributed by atoms with van der Waals surface area (Å²) in [5.74, 6) is 0.984. The summed E-state index contributed by atoms with van der Waals surface area (Å²) in [5, 5.41) is 3.23. The number of hydrogen-bond acceptors (Lipinski definition) is 5. The van der Waals surface area contributed by atoms with E-state index in [1.807, 2.05) is 31.7 Å². The lowest BCUT2D eigenvalue weighted by atomic mass is 10.0. The van der Waals surface area contributed by atoms with Gasteiger partial charge in [0.25, 0.3) is 0 Å². The summed E-state index contributed by atoms with van der Waals surface area (Å²) >= 11 is 0. The molecule has 0 radical (unpaired) electrons. The third kappa shape index (κ3) is 3.66. The van der Waals surface area contributed by atoms with Crippen molar-refractivity contribution in [2.45, 2.75) is 26.8 Å². The molecule has 1 fully saturated rings. The predicted octanol–water partition coefficient (Wildman–Crippen LogP) is 1.08. The normalized spacial score (nSPS) is 17.1. The van der Waals surface area contributed by atoms with Gasteiger partial charge in [0.1, 0.15) is 18.2 Å². The van der Waals surface area contributed by atoms with Crippen LogP contribution in [0.4, 0.5) is 5.82 Å². The van der Waals surface area contributed by atoms with Gasteiger partial charge in [-0.25, -0.2) is 9.97 Å². The molecule has 0 spiro atoms. The molecule has 0 bridgehead atoms. The molecule has 1 aromatic rings. The molecule has 20 heavy (non-hydrogen) atoms. The standard InChI is InChI=1S/C14H22N4O2/c1-10(2)13(14(19)18-4-6-20-7-5-18)17-12-8-11(3)15-9-16-12/h8-10,13H,4-7H2,1-3H3,(H,15,16,17). The first-order chi connectivity index (χ1) is 9.58. The number of carbonyl (C=O) groups excluding carboxylic acids is 1. The molecular formula is C14H22N4O2. The number of ether oxygens (including phenoxy) is 1. The van der Waals surface area contributed by atoms with Crippen molar-refractivity contribution >= 4 is 11.7 Å². The van der Waals surface area contributed by atoms with Crippen LogP contribution in [-0.2, 0) is 9.53 Å². The highest BCUT2D eigenvalue weighted by molar-refractivity contribution is 5.84. The maximum Gasteiger partial charge on any atom is 0.245 e. The van der Waals surface area contributed by atoms with Crippen LogP contribution in [0.1, 0.15) is 19.5 Å². The van der Waals surface area contributed by atoms with Crippen LogP contribution in [0.2, 0.25) is 0 Å². The van der Waals surface area contributed by atoms with E-state index in [9.17, 15) is 4.79 Å².